The third-order valence-corrected chi connectivity index (χ3v) is 3.64. The van der Waals surface area contributed by atoms with Crippen LogP contribution in [0.5, 0.6) is 0 Å². The quantitative estimate of drug-likeness (QED) is 0.798. The molecule has 1 aliphatic heterocycles. The van der Waals surface area contributed by atoms with Gasteiger partial charge in [-0.1, -0.05) is 0 Å². The summed E-state index contributed by atoms with van der Waals surface area (Å²) in [5.74, 6) is 0. The summed E-state index contributed by atoms with van der Waals surface area (Å²) >= 11 is 0. The molecule has 2 N–H and O–H groups in total. The first-order chi connectivity index (χ1) is 7.85. The van der Waals surface area contributed by atoms with Crippen LogP contribution in [0.1, 0.15) is 33.6 Å². The monoisotopic (exact) mass is 238 g/mol. The molecule has 0 radical (unpaired) electrons. The van der Waals surface area contributed by atoms with E-state index in [1.807, 2.05) is 6.92 Å². The van der Waals surface area contributed by atoms with Gasteiger partial charge in [0.1, 0.15) is 5.54 Å². The van der Waals surface area contributed by atoms with E-state index in [0.717, 1.165) is 26.1 Å². The predicted octanol–water partition coefficient (Wildman–Crippen LogP) is 1.03. The standard InChI is InChI=1S/C13H26N4/c1-11(8-13(3,15)10-14)17-7-5-6-16(4)9-12(17)2/h11-12H,5-9,15H2,1-4H3. The number of nitriles is 1. The number of nitrogens with zero attached hydrogens (tertiary/aromatic N) is 3. The van der Waals surface area contributed by atoms with Gasteiger partial charge in [0.15, 0.2) is 0 Å². The third-order valence-electron chi connectivity index (χ3n) is 3.64. The minimum Gasteiger partial charge on any atom is -0.314 e. The second-order valence-corrected chi connectivity index (χ2v) is 5.79. The molecule has 1 fully saturated rings. The van der Waals surface area contributed by atoms with Crippen LogP contribution >= 0.6 is 0 Å². The average Bonchev–Trinajstić information content (AvgIpc) is 2.38. The van der Waals surface area contributed by atoms with E-state index in [1.54, 1.807) is 0 Å². The summed E-state index contributed by atoms with van der Waals surface area (Å²) < 4.78 is 0. The zero-order chi connectivity index (χ0) is 13.1. The topological polar surface area (TPSA) is 56.3 Å². The maximum absolute atomic E-state index is 9.00. The fraction of sp³-hybridized carbons (Fsp3) is 0.923. The highest BCUT2D eigenvalue weighted by atomic mass is 15.2. The van der Waals surface area contributed by atoms with Gasteiger partial charge in [-0.15, -0.1) is 0 Å². The minimum absolute atomic E-state index is 0.367. The molecule has 4 nitrogen and oxygen atoms in total. The molecular formula is C13H26N4. The Balaban J connectivity index is 2.62. The minimum atomic E-state index is -0.711. The molecule has 0 aromatic rings. The molecule has 1 saturated heterocycles. The number of nitrogens with two attached hydrogens (primary N) is 1. The number of hydrogen-bond donors (Lipinski definition) is 1. The van der Waals surface area contributed by atoms with E-state index in [2.05, 4.69) is 36.8 Å². The van der Waals surface area contributed by atoms with Gasteiger partial charge in [0.2, 0.25) is 0 Å². The molecule has 17 heavy (non-hydrogen) atoms. The molecule has 0 bridgehead atoms. The molecule has 1 heterocycles. The van der Waals surface area contributed by atoms with Gasteiger partial charge in [0, 0.05) is 18.6 Å². The van der Waals surface area contributed by atoms with Crippen molar-refractivity contribution in [2.24, 2.45) is 5.73 Å². The molecular weight excluding hydrogens is 212 g/mol. The second kappa shape index (κ2) is 5.81. The molecule has 4 heteroatoms. The molecule has 98 valence electrons. The highest BCUT2D eigenvalue weighted by Crippen LogP contribution is 2.18. The van der Waals surface area contributed by atoms with Crippen LogP contribution < -0.4 is 5.73 Å². The van der Waals surface area contributed by atoms with Gasteiger partial charge in [-0.05, 0) is 53.8 Å². The smallest absolute Gasteiger partial charge is 0.102 e. The van der Waals surface area contributed by atoms with Crippen LogP contribution in [0, 0.1) is 11.3 Å². The number of rotatable bonds is 3. The first-order valence-electron chi connectivity index (χ1n) is 6.50. The Morgan fingerprint density at radius 2 is 2.18 bits per heavy atom. The third kappa shape index (κ3) is 4.27. The Kier molecular flexibility index (Phi) is 4.93. The highest BCUT2D eigenvalue weighted by Gasteiger charge is 2.28. The maximum Gasteiger partial charge on any atom is 0.102 e. The molecule has 0 aromatic heterocycles. The Hall–Kier alpha value is -0.630. The van der Waals surface area contributed by atoms with E-state index < -0.39 is 5.54 Å². The van der Waals surface area contributed by atoms with E-state index in [-0.39, 0.29) is 0 Å². The first-order valence-corrected chi connectivity index (χ1v) is 6.50. The van der Waals surface area contributed by atoms with Crippen LogP contribution in [0.2, 0.25) is 0 Å². The van der Waals surface area contributed by atoms with Crippen molar-refractivity contribution in [3.8, 4) is 6.07 Å². The normalized spacial score (nSPS) is 29.1. The average molecular weight is 238 g/mol. The molecule has 1 aliphatic rings. The van der Waals surface area contributed by atoms with E-state index in [0.29, 0.717) is 12.1 Å². The van der Waals surface area contributed by atoms with Crippen molar-refractivity contribution in [1.82, 2.24) is 9.80 Å². The van der Waals surface area contributed by atoms with Crippen molar-refractivity contribution in [2.45, 2.75) is 51.2 Å². The SMILES string of the molecule is CC1CN(C)CCCN1C(C)CC(C)(N)C#N. The van der Waals surface area contributed by atoms with Crippen LogP contribution in [0.25, 0.3) is 0 Å². The molecule has 1 rings (SSSR count). The fourth-order valence-corrected chi connectivity index (χ4v) is 2.82. The van der Waals surface area contributed by atoms with Gasteiger partial charge < -0.3 is 10.6 Å². The summed E-state index contributed by atoms with van der Waals surface area (Å²) in [4.78, 5) is 4.87. The molecule has 3 unspecified atom stereocenters. The molecule has 0 spiro atoms. The van der Waals surface area contributed by atoms with E-state index in [9.17, 15) is 0 Å². The van der Waals surface area contributed by atoms with Crippen LogP contribution in [0.4, 0.5) is 0 Å². The van der Waals surface area contributed by atoms with Crippen molar-refractivity contribution in [1.29, 1.82) is 5.26 Å². The lowest BCUT2D eigenvalue weighted by Crippen LogP contribution is -2.48. The van der Waals surface area contributed by atoms with Crippen molar-refractivity contribution in [3.05, 3.63) is 0 Å². The van der Waals surface area contributed by atoms with E-state index >= 15 is 0 Å². The summed E-state index contributed by atoms with van der Waals surface area (Å²) in [7, 11) is 2.17. The van der Waals surface area contributed by atoms with Gasteiger partial charge >= 0.3 is 0 Å². The second-order valence-electron chi connectivity index (χ2n) is 5.79. The van der Waals surface area contributed by atoms with Crippen molar-refractivity contribution in [3.63, 3.8) is 0 Å². The van der Waals surface area contributed by atoms with Gasteiger partial charge in [-0.3, -0.25) is 4.90 Å². The lowest BCUT2D eigenvalue weighted by molar-refractivity contribution is 0.136. The summed E-state index contributed by atoms with van der Waals surface area (Å²) in [5.41, 5.74) is 5.23. The lowest BCUT2D eigenvalue weighted by Gasteiger charge is -2.35. The van der Waals surface area contributed by atoms with E-state index in [1.165, 1.54) is 6.42 Å². The zero-order valence-corrected chi connectivity index (χ0v) is 11.6. The van der Waals surface area contributed by atoms with Gasteiger partial charge in [0.05, 0.1) is 6.07 Å². The number of hydrogen-bond acceptors (Lipinski definition) is 4. The molecule has 0 saturated carbocycles. The van der Waals surface area contributed by atoms with Crippen LogP contribution in [-0.4, -0.2) is 54.1 Å². The van der Waals surface area contributed by atoms with Gasteiger partial charge in [-0.25, -0.2) is 0 Å². The summed E-state index contributed by atoms with van der Waals surface area (Å²) in [5, 5.41) is 9.00. The Morgan fingerprint density at radius 3 is 2.76 bits per heavy atom. The number of likely N-dealkylation sites (N-methyl/N-ethyl adjacent to an activating group) is 1. The summed E-state index contributed by atoms with van der Waals surface area (Å²) in [6.07, 6.45) is 1.93. The predicted molar refractivity (Wildman–Crippen MR) is 70.6 cm³/mol. The lowest BCUT2D eigenvalue weighted by atomic mass is 9.95. The highest BCUT2D eigenvalue weighted by molar-refractivity contribution is 5.03. The van der Waals surface area contributed by atoms with Crippen LogP contribution in [-0.2, 0) is 0 Å². The van der Waals surface area contributed by atoms with Crippen molar-refractivity contribution >= 4 is 0 Å². The van der Waals surface area contributed by atoms with Gasteiger partial charge in [-0.2, -0.15) is 5.26 Å². The Labute approximate surface area is 105 Å². The maximum atomic E-state index is 9.00. The van der Waals surface area contributed by atoms with Crippen LogP contribution in [0.15, 0.2) is 0 Å². The summed E-state index contributed by atoms with van der Waals surface area (Å²) in [6, 6.07) is 3.09. The Morgan fingerprint density at radius 1 is 1.53 bits per heavy atom. The van der Waals surface area contributed by atoms with Crippen LogP contribution in [0.3, 0.4) is 0 Å². The van der Waals surface area contributed by atoms with Crippen molar-refractivity contribution < 1.29 is 0 Å². The largest absolute Gasteiger partial charge is 0.314 e. The summed E-state index contributed by atoms with van der Waals surface area (Å²) in [6.45, 7) is 9.62. The molecule has 0 aromatic carbocycles. The van der Waals surface area contributed by atoms with E-state index in [4.69, 9.17) is 11.0 Å². The Bertz CT molecular complexity index is 282. The molecule has 0 aliphatic carbocycles. The fourth-order valence-electron chi connectivity index (χ4n) is 2.82. The van der Waals surface area contributed by atoms with Crippen molar-refractivity contribution in [2.75, 3.05) is 26.7 Å². The zero-order valence-electron chi connectivity index (χ0n) is 11.6. The molecule has 0 amide bonds. The first kappa shape index (κ1) is 14.4. The van der Waals surface area contributed by atoms with Gasteiger partial charge in [0.25, 0.3) is 0 Å². The molecule has 3 atom stereocenters.